The van der Waals surface area contributed by atoms with Gasteiger partial charge in [0.25, 0.3) is 11.8 Å². The molecule has 35 heavy (non-hydrogen) atoms. The van der Waals surface area contributed by atoms with Crippen molar-refractivity contribution >= 4 is 34.6 Å². The maximum absolute atomic E-state index is 13.0. The molecule has 2 heterocycles. The molecule has 0 bridgehead atoms. The van der Waals surface area contributed by atoms with E-state index in [1.165, 1.54) is 7.11 Å². The average molecular weight is 473 g/mol. The van der Waals surface area contributed by atoms with E-state index < -0.39 is 29.7 Å². The summed E-state index contributed by atoms with van der Waals surface area (Å²) in [4.78, 5) is 53.8. The van der Waals surface area contributed by atoms with Crippen LogP contribution in [0.2, 0.25) is 0 Å². The fourth-order valence-electron chi connectivity index (χ4n) is 4.10. The number of nitrogens with one attached hydrogen (secondary N) is 2. The number of methoxy groups -OCH3 is 1. The van der Waals surface area contributed by atoms with E-state index in [9.17, 15) is 19.2 Å². The second kappa shape index (κ2) is 10.2. The van der Waals surface area contributed by atoms with Crippen LogP contribution in [0.1, 0.15) is 51.1 Å². The summed E-state index contributed by atoms with van der Waals surface area (Å²) in [5.74, 6) is 3.85. The Morgan fingerprint density at radius 3 is 2.51 bits per heavy atom. The number of H-pyrrole nitrogens is 1. The Morgan fingerprint density at radius 2 is 1.86 bits per heavy atom. The fourth-order valence-corrected chi connectivity index (χ4v) is 4.10. The van der Waals surface area contributed by atoms with E-state index in [1.54, 1.807) is 35.9 Å². The molecule has 1 atom stereocenters. The third kappa shape index (κ3) is 4.78. The minimum absolute atomic E-state index is 0.0747. The highest BCUT2D eigenvalue weighted by molar-refractivity contribution is 6.22. The van der Waals surface area contributed by atoms with Gasteiger partial charge in [-0.3, -0.25) is 24.5 Å². The standard InChI is InChI=1S/C26H23N3O6/c1-35-26(33)22(29-24(31)18-8-5-6-9-19(18)25(29)32)14-17-15-27-21-12-11-16(13-20(17)21)7-3-2-4-10-23(30)28-34/h5-6,8-9,11-13,15,22,27,34H,2,4,10,14H2,1H3,(H,28,30)/t22-/m0/s1. The monoisotopic (exact) mass is 473 g/mol. The Balaban J connectivity index is 1.58. The number of hydroxylamine groups is 1. The Morgan fingerprint density at radius 1 is 1.14 bits per heavy atom. The first kappa shape index (κ1) is 23.7. The normalized spacial score (nSPS) is 13.3. The van der Waals surface area contributed by atoms with Crippen molar-refractivity contribution in [2.45, 2.75) is 31.7 Å². The summed E-state index contributed by atoms with van der Waals surface area (Å²) in [5, 5.41) is 9.33. The van der Waals surface area contributed by atoms with Gasteiger partial charge in [0.05, 0.1) is 18.2 Å². The molecule has 1 aromatic heterocycles. The first-order chi connectivity index (χ1) is 16.9. The Kier molecular flexibility index (Phi) is 6.94. The van der Waals surface area contributed by atoms with Crippen LogP contribution >= 0.6 is 0 Å². The van der Waals surface area contributed by atoms with Gasteiger partial charge in [-0.15, -0.1) is 0 Å². The lowest BCUT2D eigenvalue weighted by Gasteiger charge is -2.23. The van der Waals surface area contributed by atoms with E-state index in [1.807, 2.05) is 18.2 Å². The molecule has 3 aromatic rings. The molecule has 1 aliphatic rings. The Labute approximate surface area is 201 Å². The van der Waals surface area contributed by atoms with E-state index in [0.717, 1.165) is 26.9 Å². The van der Waals surface area contributed by atoms with Gasteiger partial charge in [-0.05, 0) is 42.3 Å². The van der Waals surface area contributed by atoms with Gasteiger partial charge in [0, 0.05) is 41.9 Å². The van der Waals surface area contributed by atoms with Crippen molar-refractivity contribution in [3.05, 3.63) is 70.9 Å². The summed E-state index contributed by atoms with van der Waals surface area (Å²) < 4.78 is 4.94. The second-order valence-electron chi connectivity index (χ2n) is 8.03. The van der Waals surface area contributed by atoms with Crippen LogP contribution in [0.25, 0.3) is 10.9 Å². The van der Waals surface area contributed by atoms with Gasteiger partial charge in [0.2, 0.25) is 5.91 Å². The topological polar surface area (TPSA) is 129 Å². The third-order valence-electron chi connectivity index (χ3n) is 5.85. The van der Waals surface area contributed by atoms with Crippen LogP contribution in [0.4, 0.5) is 0 Å². The molecule has 0 aliphatic carbocycles. The molecule has 9 heteroatoms. The van der Waals surface area contributed by atoms with Crippen molar-refractivity contribution in [2.24, 2.45) is 0 Å². The van der Waals surface area contributed by atoms with Gasteiger partial charge in [-0.1, -0.05) is 24.0 Å². The number of aromatic amines is 1. The largest absolute Gasteiger partial charge is 0.467 e. The molecule has 0 radical (unpaired) electrons. The number of nitrogens with zero attached hydrogens (tertiary/aromatic N) is 1. The fraction of sp³-hybridized carbons (Fsp3) is 0.231. The highest BCUT2D eigenvalue weighted by Gasteiger charge is 2.43. The lowest BCUT2D eigenvalue weighted by Crippen LogP contribution is -2.46. The number of benzene rings is 2. The van der Waals surface area contributed by atoms with Gasteiger partial charge in [0.15, 0.2) is 0 Å². The highest BCUT2D eigenvalue weighted by atomic mass is 16.5. The molecule has 0 unspecified atom stereocenters. The van der Waals surface area contributed by atoms with Crippen molar-refractivity contribution < 1.29 is 29.1 Å². The van der Waals surface area contributed by atoms with Gasteiger partial charge >= 0.3 is 5.97 Å². The van der Waals surface area contributed by atoms with Gasteiger partial charge in [-0.25, -0.2) is 10.3 Å². The predicted molar refractivity (Wildman–Crippen MR) is 125 cm³/mol. The number of aromatic nitrogens is 1. The van der Waals surface area contributed by atoms with Crippen LogP contribution in [0, 0.1) is 11.8 Å². The first-order valence-corrected chi connectivity index (χ1v) is 11.0. The van der Waals surface area contributed by atoms with Crippen molar-refractivity contribution in [3.8, 4) is 11.8 Å². The third-order valence-corrected chi connectivity index (χ3v) is 5.85. The Bertz CT molecular complexity index is 1350. The number of amides is 3. The molecule has 0 spiro atoms. The van der Waals surface area contributed by atoms with Crippen LogP contribution in [-0.4, -0.2) is 51.9 Å². The van der Waals surface area contributed by atoms with E-state index in [0.29, 0.717) is 12.8 Å². The van der Waals surface area contributed by atoms with E-state index in [4.69, 9.17) is 9.94 Å². The maximum atomic E-state index is 13.0. The molecule has 9 nitrogen and oxygen atoms in total. The number of ether oxygens (including phenoxy) is 1. The molecule has 3 amide bonds. The zero-order valence-corrected chi connectivity index (χ0v) is 19.0. The smallest absolute Gasteiger partial charge is 0.329 e. The van der Waals surface area contributed by atoms with E-state index in [-0.39, 0.29) is 24.0 Å². The summed E-state index contributed by atoms with van der Waals surface area (Å²) >= 11 is 0. The summed E-state index contributed by atoms with van der Waals surface area (Å²) in [6.45, 7) is 0. The summed E-state index contributed by atoms with van der Waals surface area (Å²) in [6, 6.07) is 10.9. The van der Waals surface area contributed by atoms with Crippen molar-refractivity contribution in [1.29, 1.82) is 0 Å². The molecular weight excluding hydrogens is 450 g/mol. The lowest BCUT2D eigenvalue weighted by molar-refractivity contribution is -0.145. The number of carbonyl (C=O) groups is 4. The number of esters is 1. The molecule has 4 rings (SSSR count). The maximum Gasteiger partial charge on any atom is 0.329 e. The molecule has 1 aliphatic heterocycles. The molecular formula is C26H23N3O6. The Hall–Kier alpha value is -4.42. The van der Waals surface area contributed by atoms with E-state index >= 15 is 0 Å². The van der Waals surface area contributed by atoms with Crippen LogP contribution in [0.15, 0.2) is 48.7 Å². The van der Waals surface area contributed by atoms with E-state index in [2.05, 4.69) is 16.8 Å². The number of hydrogen-bond acceptors (Lipinski definition) is 6. The second-order valence-corrected chi connectivity index (χ2v) is 8.03. The van der Waals surface area contributed by atoms with Crippen molar-refractivity contribution in [2.75, 3.05) is 7.11 Å². The molecule has 0 fully saturated rings. The molecule has 2 aromatic carbocycles. The zero-order chi connectivity index (χ0) is 24.9. The van der Waals surface area contributed by atoms with Gasteiger partial charge < -0.3 is 9.72 Å². The quantitative estimate of drug-likeness (QED) is 0.121. The van der Waals surface area contributed by atoms with Crippen LogP contribution in [0.5, 0.6) is 0 Å². The SMILES string of the molecule is COC(=O)[C@H](Cc1c[nH]c2ccc(C#CCCCC(=O)NO)cc12)N1C(=O)c2ccccc2C1=O. The average Bonchev–Trinajstić information content (AvgIpc) is 3.39. The molecule has 0 saturated carbocycles. The molecule has 178 valence electrons. The predicted octanol–water partition coefficient (Wildman–Crippen LogP) is 2.58. The number of imide groups is 1. The van der Waals surface area contributed by atoms with Gasteiger partial charge in [-0.2, -0.15) is 0 Å². The summed E-state index contributed by atoms with van der Waals surface area (Å²) in [7, 11) is 1.22. The zero-order valence-electron chi connectivity index (χ0n) is 19.0. The van der Waals surface area contributed by atoms with Crippen molar-refractivity contribution in [1.82, 2.24) is 15.4 Å². The van der Waals surface area contributed by atoms with Crippen molar-refractivity contribution in [3.63, 3.8) is 0 Å². The minimum Gasteiger partial charge on any atom is -0.467 e. The number of fused-ring (bicyclic) bond motifs is 2. The lowest BCUT2D eigenvalue weighted by atomic mass is 10.0. The highest BCUT2D eigenvalue weighted by Crippen LogP contribution is 2.28. The first-order valence-electron chi connectivity index (χ1n) is 11.0. The summed E-state index contributed by atoms with van der Waals surface area (Å²) in [5.41, 5.74) is 4.40. The van der Waals surface area contributed by atoms with Crippen LogP contribution in [-0.2, 0) is 20.7 Å². The number of rotatable bonds is 7. The number of carbonyl (C=O) groups excluding carboxylic acids is 4. The minimum atomic E-state index is -1.13. The molecule has 0 saturated heterocycles. The molecule has 3 N–H and O–H groups in total. The number of unbranched alkanes of at least 4 members (excludes halogenated alkanes) is 1. The number of hydrogen-bond donors (Lipinski definition) is 3. The van der Waals surface area contributed by atoms with Crippen LogP contribution < -0.4 is 5.48 Å². The van der Waals surface area contributed by atoms with Gasteiger partial charge in [0.1, 0.15) is 6.04 Å². The summed E-state index contributed by atoms with van der Waals surface area (Å²) in [6.07, 6.45) is 2.99. The van der Waals surface area contributed by atoms with Crippen LogP contribution in [0.3, 0.4) is 0 Å².